The molecular weight excluding hydrogens is 483 g/mol. The van der Waals surface area contributed by atoms with Gasteiger partial charge < -0.3 is 18.9 Å². The average Bonchev–Trinajstić information content (AvgIpc) is 2.89. The minimum Gasteiger partial charge on any atom is -0.492 e. The van der Waals surface area contributed by atoms with Crippen molar-refractivity contribution < 1.29 is 14.3 Å². The van der Waals surface area contributed by atoms with Crippen LogP contribution in [0, 0.1) is 0 Å². The minimum absolute atomic E-state index is 0.293. The summed E-state index contributed by atoms with van der Waals surface area (Å²) < 4.78 is 13.8. The number of carbonyl (C=O) groups is 1. The number of hydrogen-bond donors (Lipinski definition) is 0. The number of aromatic nitrogens is 1. The van der Waals surface area contributed by atoms with Gasteiger partial charge in [0.1, 0.15) is 18.0 Å². The van der Waals surface area contributed by atoms with E-state index in [9.17, 15) is 4.79 Å². The van der Waals surface area contributed by atoms with Crippen molar-refractivity contribution in [2.45, 2.75) is 45.8 Å². The molecular formula is C25H27Cl3N2O3. The number of halogens is 3. The van der Waals surface area contributed by atoms with Crippen molar-refractivity contribution in [3.05, 3.63) is 62.7 Å². The first kappa shape index (κ1) is 24.1. The van der Waals surface area contributed by atoms with E-state index < -0.39 is 5.60 Å². The van der Waals surface area contributed by atoms with Crippen molar-refractivity contribution in [1.82, 2.24) is 9.47 Å². The maximum Gasteiger partial charge on any atom is 0.410 e. The number of benzene rings is 2. The van der Waals surface area contributed by atoms with Gasteiger partial charge in [-0.1, -0.05) is 34.8 Å². The van der Waals surface area contributed by atoms with Gasteiger partial charge in [0.15, 0.2) is 0 Å². The Bertz CT molecular complexity index is 1170. The van der Waals surface area contributed by atoms with Gasteiger partial charge in [-0.05, 0) is 69.2 Å². The third kappa shape index (κ3) is 5.37. The van der Waals surface area contributed by atoms with Crippen molar-refractivity contribution in [2.24, 2.45) is 0 Å². The lowest BCUT2D eigenvalue weighted by Gasteiger charge is -2.26. The van der Waals surface area contributed by atoms with Gasteiger partial charge in [0.25, 0.3) is 0 Å². The van der Waals surface area contributed by atoms with Crippen LogP contribution < -0.4 is 4.74 Å². The topological polar surface area (TPSA) is 43.7 Å². The lowest BCUT2D eigenvalue weighted by Crippen LogP contribution is -2.38. The standard InChI is InChI=1S/C25H27Cl3N2O3/c1-25(2,3)33-24(31)29-12-10-18-20(11-13-29)30(21-9-8-19(27)23(28)22(18)21)14-15-32-17-6-4-16(26)5-7-17/h4-9H,10-15H2,1-3H3. The molecule has 0 spiro atoms. The van der Waals surface area contributed by atoms with Crippen LogP contribution >= 0.6 is 34.8 Å². The minimum atomic E-state index is -0.534. The monoisotopic (exact) mass is 508 g/mol. The van der Waals surface area contributed by atoms with Crippen LogP contribution in [-0.2, 0) is 24.1 Å². The van der Waals surface area contributed by atoms with E-state index in [1.165, 1.54) is 0 Å². The molecule has 33 heavy (non-hydrogen) atoms. The molecule has 0 aliphatic carbocycles. The summed E-state index contributed by atoms with van der Waals surface area (Å²) in [5, 5.41) is 2.70. The van der Waals surface area contributed by atoms with Crippen molar-refractivity contribution in [3.8, 4) is 5.75 Å². The highest BCUT2D eigenvalue weighted by atomic mass is 35.5. The Morgan fingerprint density at radius 1 is 1.00 bits per heavy atom. The second kappa shape index (κ2) is 9.65. The molecule has 0 radical (unpaired) electrons. The fourth-order valence-electron chi connectivity index (χ4n) is 4.21. The quantitative estimate of drug-likeness (QED) is 0.380. The van der Waals surface area contributed by atoms with Crippen LogP contribution in [0.25, 0.3) is 10.9 Å². The summed E-state index contributed by atoms with van der Waals surface area (Å²) in [7, 11) is 0. The van der Waals surface area contributed by atoms with E-state index in [0.29, 0.717) is 54.2 Å². The zero-order valence-electron chi connectivity index (χ0n) is 19.0. The second-order valence-electron chi connectivity index (χ2n) is 9.10. The maximum absolute atomic E-state index is 12.7. The molecule has 0 N–H and O–H groups in total. The van der Waals surface area contributed by atoms with Gasteiger partial charge in [-0.15, -0.1) is 0 Å². The van der Waals surface area contributed by atoms with Gasteiger partial charge in [-0.2, -0.15) is 0 Å². The summed E-state index contributed by atoms with van der Waals surface area (Å²) in [4.78, 5) is 14.5. The van der Waals surface area contributed by atoms with Gasteiger partial charge in [0.05, 0.1) is 22.1 Å². The van der Waals surface area contributed by atoms with Crippen molar-refractivity contribution in [2.75, 3.05) is 19.7 Å². The van der Waals surface area contributed by atoms with E-state index >= 15 is 0 Å². The Hall–Kier alpha value is -2.08. The normalized spacial score (nSPS) is 14.2. The first-order valence-electron chi connectivity index (χ1n) is 11.0. The molecule has 1 aliphatic heterocycles. The molecule has 0 bridgehead atoms. The van der Waals surface area contributed by atoms with Crippen molar-refractivity contribution in [3.63, 3.8) is 0 Å². The van der Waals surface area contributed by atoms with E-state index in [4.69, 9.17) is 44.3 Å². The number of amides is 1. The molecule has 0 saturated heterocycles. The van der Waals surface area contributed by atoms with Crippen LogP contribution in [0.4, 0.5) is 4.79 Å². The highest BCUT2D eigenvalue weighted by Gasteiger charge is 2.28. The Labute approximate surface area is 209 Å². The maximum atomic E-state index is 12.7. The molecule has 0 unspecified atom stereocenters. The van der Waals surface area contributed by atoms with Crippen LogP contribution in [0.1, 0.15) is 32.0 Å². The van der Waals surface area contributed by atoms with Crippen LogP contribution in [-0.4, -0.2) is 40.9 Å². The van der Waals surface area contributed by atoms with Crippen LogP contribution in [0.2, 0.25) is 15.1 Å². The fraction of sp³-hybridized carbons (Fsp3) is 0.400. The number of fused-ring (bicyclic) bond motifs is 3. The second-order valence-corrected chi connectivity index (χ2v) is 10.3. The summed E-state index contributed by atoms with van der Waals surface area (Å²) in [6.45, 7) is 7.88. The molecule has 1 aromatic heterocycles. The first-order valence-corrected chi connectivity index (χ1v) is 12.1. The number of ether oxygens (including phenoxy) is 2. The molecule has 0 fully saturated rings. The smallest absolute Gasteiger partial charge is 0.410 e. The lowest BCUT2D eigenvalue weighted by atomic mass is 10.1. The van der Waals surface area contributed by atoms with Crippen LogP contribution in [0.15, 0.2) is 36.4 Å². The third-order valence-electron chi connectivity index (χ3n) is 5.64. The zero-order valence-corrected chi connectivity index (χ0v) is 21.2. The molecule has 4 rings (SSSR count). The van der Waals surface area contributed by atoms with E-state index in [1.807, 2.05) is 45.0 Å². The lowest BCUT2D eigenvalue weighted by molar-refractivity contribution is 0.0258. The summed E-state index contributed by atoms with van der Waals surface area (Å²) >= 11 is 19.0. The molecule has 2 aromatic carbocycles. The van der Waals surface area contributed by atoms with E-state index in [0.717, 1.165) is 27.9 Å². The van der Waals surface area contributed by atoms with Crippen LogP contribution in [0.3, 0.4) is 0 Å². The molecule has 1 amide bonds. The van der Waals surface area contributed by atoms with Crippen molar-refractivity contribution >= 4 is 51.8 Å². The molecule has 0 saturated carbocycles. The Balaban J connectivity index is 1.61. The highest BCUT2D eigenvalue weighted by Crippen LogP contribution is 2.38. The van der Waals surface area contributed by atoms with Crippen molar-refractivity contribution in [1.29, 1.82) is 0 Å². The Morgan fingerprint density at radius 2 is 1.70 bits per heavy atom. The van der Waals surface area contributed by atoms with Gasteiger partial charge in [0, 0.05) is 35.6 Å². The number of hydrogen-bond acceptors (Lipinski definition) is 3. The number of nitrogens with zero attached hydrogens (tertiary/aromatic N) is 2. The third-order valence-corrected chi connectivity index (χ3v) is 6.70. The van der Waals surface area contributed by atoms with Crippen LogP contribution in [0.5, 0.6) is 5.75 Å². The highest BCUT2D eigenvalue weighted by molar-refractivity contribution is 6.45. The molecule has 176 valence electrons. The molecule has 1 aliphatic rings. The Kier molecular flexibility index (Phi) is 7.04. The predicted molar refractivity (Wildman–Crippen MR) is 134 cm³/mol. The van der Waals surface area contributed by atoms with Gasteiger partial charge >= 0.3 is 6.09 Å². The fourth-order valence-corrected chi connectivity index (χ4v) is 4.77. The summed E-state index contributed by atoms with van der Waals surface area (Å²) in [5.74, 6) is 0.763. The summed E-state index contributed by atoms with van der Waals surface area (Å²) in [5.41, 5.74) is 2.78. The molecule has 0 atom stereocenters. The molecule has 3 aromatic rings. The molecule has 5 nitrogen and oxygen atoms in total. The Morgan fingerprint density at radius 3 is 2.39 bits per heavy atom. The summed E-state index contributed by atoms with van der Waals surface area (Å²) in [6.07, 6.45) is 1.08. The van der Waals surface area contributed by atoms with Gasteiger partial charge in [0.2, 0.25) is 0 Å². The SMILES string of the molecule is CC(C)(C)OC(=O)N1CCc2c(n(CCOc3ccc(Cl)cc3)c3ccc(Cl)c(Cl)c23)CC1. The number of rotatable bonds is 4. The summed E-state index contributed by atoms with van der Waals surface area (Å²) in [6, 6.07) is 11.2. The van der Waals surface area contributed by atoms with E-state index in [1.54, 1.807) is 17.0 Å². The largest absolute Gasteiger partial charge is 0.492 e. The van der Waals surface area contributed by atoms with Gasteiger partial charge in [-0.3, -0.25) is 0 Å². The average molecular weight is 510 g/mol. The van der Waals surface area contributed by atoms with Gasteiger partial charge in [-0.25, -0.2) is 4.79 Å². The molecule has 8 heteroatoms. The van der Waals surface area contributed by atoms with E-state index in [2.05, 4.69) is 4.57 Å². The zero-order chi connectivity index (χ0) is 23.8. The number of carbonyl (C=O) groups excluding carboxylic acids is 1. The molecule has 2 heterocycles. The first-order chi connectivity index (χ1) is 15.6. The predicted octanol–water partition coefficient (Wildman–Crippen LogP) is 7.02. The van der Waals surface area contributed by atoms with E-state index in [-0.39, 0.29) is 6.09 Å².